The fourth-order valence-corrected chi connectivity index (χ4v) is 3.05. The van der Waals surface area contributed by atoms with E-state index in [9.17, 15) is 0 Å². The highest BCUT2D eigenvalue weighted by Crippen LogP contribution is 2.08. The second-order valence-corrected chi connectivity index (χ2v) is 9.80. The largest absolute Gasteiger partial charge is 0.0713 e. The number of hydrogen-bond donors (Lipinski definition) is 0. The first kappa shape index (κ1) is 11.4. The van der Waals surface area contributed by atoms with Crippen LogP contribution >= 0.6 is 0 Å². The van der Waals surface area contributed by atoms with Gasteiger partial charge >= 0.3 is 0 Å². The minimum absolute atomic E-state index is 0.0732. The molecule has 11 heavy (non-hydrogen) atoms. The van der Waals surface area contributed by atoms with Gasteiger partial charge in [-0.05, 0) is 0 Å². The second kappa shape index (κ2) is 7.10. The molecule has 0 rings (SSSR count). The van der Waals surface area contributed by atoms with Crippen LogP contribution in [0.4, 0.5) is 0 Å². The van der Waals surface area contributed by atoms with Crippen molar-refractivity contribution in [1.82, 2.24) is 0 Å². The molecule has 0 amide bonds. The van der Waals surface area contributed by atoms with Crippen LogP contribution in [0, 0.1) is 0 Å². The maximum atomic E-state index is 2.42. The summed E-state index contributed by atoms with van der Waals surface area (Å²) in [7, 11) is 0.146. The predicted molar refractivity (Wildman–Crippen MR) is 58.4 cm³/mol. The lowest BCUT2D eigenvalue weighted by atomic mass is 10.3. The molecule has 0 N–H and O–H groups in total. The van der Waals surface area contributed by atoms with E-state index in [0.29, 0.717) is 0 Å². The lowest BCUT2D eigenvalue weighted by Gasteiger charge is -2.03. The summed E-state index contributed by atoms with van der Waals surface area (Å²) >= 11 is 0. The highest BCUT2D eigenvalue weighted by Gasteiger charge is 1.97. The fraction of sp³-hybridized carbons (Fsp3) is 1.00. The number of unbranched alkanes of at least 4 members (excludes halogenated alkanes) is 2. The standard InChI is InChI=1S/C9H22Si2/c1-10(2)8-6-5-7-9-11(3)4/h5-9H2,1-4H3. The Kier molecular flexibility index (Phi) is 7.38. The van der Waals surface area contributed by atoms with Crippen LogP contribution in [-0.2, 0) is 0 Å². The van der Waals surface area contributed by atoms with Crippen LogP contribution in [0.1, 0.15) is 19.3 Å². The molecule has 0 aromatic carbocycles. The summed E-state index contributed by atoms with van der Waals surface area (Å²) in [6, 6.07) is 3.06. The van der Waals surface area contributed by atoms with E-state index in [1.54, 1.807) is 0 Å². The van der Waals surface area contributed by atoms with E-state index < -0.39 is 0 Å². The minimum Gasteiger partial charge on any atom is -0.0713 e. The Bertz CT molecular complexity index is 69.6. The van der Waals surface area contributed by atoms with Gasteiger partial charge in [-0.15, -0.1) is 0 Å². The lowest BCUT2D eigenvalue weighted by molar-refractivity contribution is 0.761. The summed E-state index contributed by atoms with van der Waals surface area (Å²) in [6.07, 6.45) is 4.48. The number of rotatable bonds is 6. The minimum atomic E-state index is 0.0732. The van der Waals surface area contributed by atoms with Gasteiger partial charge in [-0.1, -0.05) is 57.5 Å². The molecular weight excluding hydrogens is 164 g/mol. The van der Waals surface area contributed by atoms with Gasteiger partial charge < -0.3 is 0 Å². The van der Waals surface area contributed by atoms with Gasteiger partial charge in [-0.25, -0.2) is 0 Å². The van der Waals surface area contributed by atoms with E-state index in [-0.39, 0.29) is 17.6 Å². The Balaban J connectivity index is 2.91. The molecule has 2 radical (unpaired) electrons. The molecule has 0 nitrogen and oxygen atoms in total. The van der Waals surface area contributed by atoms with Crippen molar-refractivity contribution in [3.05, 3.63) is 0 Å². The van der Waals surface area contributed by atoms with Crippen molar-refractivity contribution in [3.63, 3.8) is 0 Å². The SMILES string of the molecule is C[Si](C)CCCCC[Si](C)C. The van der Waals surface area contributed by atoms with E-state index in [1.807, 2.05) is 0 Å². The van der Waals surface area contributed by atoms with E-state index in [2.05, 4.69) is 26.2 Å². The van der Waals surface area contributed by atoms with Crippen LogP contribution in [0.15, 0.2) is 0 Å². The third-order valence-electron chi connectivity index (χ3n) is 1.85. The van der Waals surface area contributed by atoms with Gasteiger partial charge in [0.05, 0.1) is 0 Å². The Morgan fingerprint density at radius 2 is 1.00 bits per heavy atom. The molecule has 0 spiro atoms. The van der Waals surface area contributed by atoms with E-state index >= 15 is 0 Å². The highest BCUT2D eigenvalue weighted by atomic mass is 28.3. The first-order chi connectivity index (χ1) is 5.13. The van der Waals surface area contributed by atoms with E-state index in [4.69, 9.17) is 0 Å². The van der Waals surface area contributed by atoms with Gasteiger partial charge in [0.15, 0.2) is 0 Å². The number of hydrogen-bond acceptors (Lipinski definition) is 0. The Labute approximate surface area is 75.6 Å². The zero-order valence-electron chi connectivity index (χ0n) is 8.54. The maximum absolute atomic E-state index is 2.42. The molecule has 0 atom stereocenters. The van der Waals surface area contributed by atoms with Gasteiger partial charge in [-0.3, -0.25) is 0 Å². The van der Waals surface area contributed by atoms with Crippen molar-refractivity contribution in [2.24, 2.45) is 0 Å². The monoisotopic (exact) mass is 186 g/mol. The summed E-state index contributed by atoms with van der Waals surface area (Å²) in [5.74, 6) is 0. The van der Waals surface area contributed by atoms with Crippen LogP contribution in [0.5, 0.6) is 0 Å². The second-order valence-electron chi connectivity index (χ2n) is 3.97. The third-order valence-corrected chi connectivity index (χ3v) is 4.56. The highest BCUT2D eigenvalue weighted by molar-refractivity contribution is 6.56. The average Bonchev–Trinajstić information content (AvgIpc) is 1.85. The molecular formula is C9H22Si2. The molecule has 0 saturated carbocycles. The van der Waals surface area contributed by atoms with Crippen LogP contribution in [-0.4, -0.2) is 17.6 Å². The van der Waals surface area contributed by atoms with Crippen LogP contribution in [0.3, 0.4) is 0 Å². The predicted octanol–water partition coefficient (Wildman–Crippen LogP) is 3.67. The van der Waals surface area contributed by atoms with E-state index in [1.165, 1.54) is 31.4 Å². The molecule has 0 aromatic rings. The molecule has 0 unspecified atom stereocenters. The fourth-order valence-electron chi connectivity index (χ4n) is 1.13. The van der Waals surface area contributed by atoms with Crippen LogP contribution in [0.25, 0.3) is 0 Å². The third kappa shape index (κ3) is 10.4. The maximum Gasteiger partial charge on any atom is 0.0412 e. The van der Waals surface area contributed by atoms with Gasteiger partial charge in [0.1, 0.15) is 0 Å². The zero-order chi connectivity index (χ0) is 8.69. The summed E-state index contributed by atoms with van der Waals surface area (Å²) in [4.78, 5) is 0. The Morgan fingerprint density at radius 3 is 1.27 bits per heavy atom. The molecule has 0 bridgehead atoms. The van der Waals surface area contributed by atoms with Crippen molar-refractivity contribution >= 4 is 17.6 Å². The summed E-state index contributed by atoms with van der Waals surface area (Å²) in [5.41, 5.74) is 0. The normalized spacial score (nSPS) is 11.5. The molecule has 0 aromatic heterocycles. The lowest BCUT2D eigenvalue weighted by Crippen LogP contribution is -2.00. The quantitative estimate of drug-likeness (QED) is 0.439. The summed E-state index contributed by atoms with van der Waals surface area (Å²) < 4.78 is 0. The van der Waals surface area contributed by atoms with Crippen molar-refractivity contribution in [1.29, 1.82) is 0 Å². The molecule has 2 heteroatoms. The first-order valence-electron chi connectivity index (χ1n) is 4.71. The van der Waals surface area contributed by atoms with Crippen LogP contribution in [0.2, 0.25) is 38.3 Å². The molecule has 0 aliphatic carbocycles. The molecule has 0 aliphatic rings. The van der Waals surface area contributed by atoms with Crippen molar-refractivity contribution in [3.8, 4) is 0 Å². The van der Waals surface area contributed by atoms with Gasteiger partial charge in [0.2, 0.25) is 0 Å². The molecule has 0 heterocycles. The van der Waals surface area contributed by atoms with Crippen molar-refractivity contribution in [2.75, 3.05) is 0 Å². The van der Waals surface area contributed by atoms with Gasteiger partial charge in [0, 0.05) is 17.6 Å². The first-order valence-corrected chi connectivity index (χ1v) is 10.1. The van der Waals surface area contributed by atoms with Crippen molar-refractivity contribution < 1.29 is 0 Å². The van der Waals surface area contributed by atoms with E-state index in [0.717, 1.165) is 0 Å². The molecule has 0 fully saturated rings. The van der Waals surface area contributed by atoms with Crippen LogP contribution < -0.4 is 0 Å². The molecule has 66 valence electrons. The van der Waals surface area contributed by atoms with Gasteiger partial charge in [-0.2, -0.15) is 0 Å². The Hall–Kier alpha value is 0.434. The molecule has 0 aliphatic heterocycles. The van der Waals surface area contributed by atoms with Crippen molar-refractivity contribution in [2.45, 2.75) is 57.5 Å². The zero-order valence-corrected chi connectivity index (χ0v) is 10.5. The summed E-state index contributed by atoms with van der Waals surface area (Å²) in [5, 5.41) is 0. The topological polar surface area (TPSA) is 0 Å². The average molecular weight is 186 g/mol. The Morgan fingerprint density at radius 1 is 0.636 bits per heavy atom. The summed E-state index contributed by atoms with van der Waals surface area (Å²) in [6.45, 7) is 9.66. The smallest absolute Gasteiger partial charge is 0.0412 e. The van der Waals surface area contributed by atoms with Gasteiger partial charge in [0.25, 0.3) is 0 Å². The molecule has 0 saturated heterocycles.